The molecule has 9 heteroatoms. The van der Waals surface area contributed by atoms with E-state index >= 15 is 0 Å². The van der Waals surface area contributed by atoms with Gasteiger partial charge < -0.3 is 23.4 Å². The van der Waals surface area contributed by atoms with Gasteiger partial charge in [-0.05, 0) is 114 Å². The Bertz CT molecular complexity index is 2660. The number of hydrogen-bond donors (Lipinski definition) is 0. The fraction of sp³-hybridized carbons (Fsp3) is 0.423. The zero-order chi connectivity index (χ0) is 43.3. The van der Waals surface area contributed by atoms with Gasteiger partial charge in [-0.25, -0.2) is 19.7 Å². The molecule has 0 unspecified atom stereocenters. The van der Waals surface area contributed by atoms with Gasteiger partial charge in [0.05, 0.1) is 23.8 Å². The van der Waals surface area contributed by atoms with Crippen molar-refractivity contribution in [2.45, 2.75) is 117 Å². The van der Waals surface area contributed by atoms with Gasteiger partial charge in [0.2, 0.25) is 0 Å². The number of fused-ring (bicyclic) bond motifs is 3. The van der Waals surface area contributed by atoms with E-state index in [1.54, 1.807) is 42.5 Å². The highest BCUT2D eigenvalue weighted by Crippen LogP contribution is 2.51. The van der Waals surface area contributed by atoms with Crippen LogP contribution in [0.25, 0.3) is 38.9 Å². The molecule has 0 aliphatic carbocycles. The second kappa shape index (κ2) is 18.3. The van der Waals surface area contributed by atoms with Gasteiger partial charge in [0.25, 0.3) is 5.70 Å². The van der Waals surface area contributed by atoms with Crippen molar-refractivity contribution in [2.24, 2.45) is 0 Å². The average Bonchev–Trinajstić information content (AvgIpc) is 3.23. The Morgan fingerprint density at radius 1 is 0.803 bits per heavy atom. The van der Waals surface area contributed by atoms with Crippen molar-refractivity contribution in [2.75, 3.05) is 36.0 Å². The fourth-order valence-electron chi connectivity index (χ4n) is 8.88. The Labute approximate surface area is 359 Å². The lowest BCUT2D eigenvalue weighted by Crippen LogP contribution is -2.44. The predicted octanol–water partition coefficient (Wildman–Crippen LogP) is 12.3. The summed E-state index contributed by atoms with van der Waals surface area (Å²) in [4.78, 5) is 35.3. The topological polar surface area (TPSA) is 104 Å². The lowest BCUT2D eigenvalue weighted by atomic mass is 9.69. The molecule has 2 aromatic heterocycles. The van der Waals surface area contributed by atoms with E-state index in [0.717, 1.165) is 73.9 Å². The Hall–Kier alpha value is -6.06. The molecule has 0 fully saturated rings. The Morgan fingerprint density at radius 3 is 2.02 bits per heavy atom. The van der Waals surface area contributed by atoms with Crippen molar-refractivity contribution in [1.29, 1.82) is 5.26 Å². The van der Waals surface area contributed by atoms with E-state index in [2.05, 4.69) is 68.3 Å². The maximum Gasteiger partial charge on any atom is 0.343 e. The monoisotopic (exact) mass is 818 g/mol. The summed E-state index contributed by atoms with van der Waals surface area (Å²) >= 11 is 0. The van der Waals surface area contributed by atoms with E-state index < -0.39 is 11.3 Å². The third-order valence-electron chi connectivity index (χ3n) is 12.6. The van der Waals surface area contributed by atoms with Crippen molar-refractivity contribution < 1.29 is 13.6 Å². The van der Waals surface area contributed by atoms with Crippen LogP contribution >= 0.6 is 0 Å². The van der Waals surface area contributed by atoms with E-state index in [9.17, 15) is 14.9 Å². The Balaban J connectivity index is 1.16. The second-order valence-electron chi connectivity index (χ2n) is 18.0. The molecule has 61 heavy (non-hydrogen) atoms. The highest BCUT2D eigenvalue weighted by atomic mass is 16.5. The Kier molecular flexibility index (Phi) is 12.9. The number of allylic oxidation sites excluding steroid dienone is 6. The van der Waals surface area contributed by atoms with Crippen LogP contribution < -0.4 is 21.1 Å². The first kappa shape index (κ1) is 43.0. The lowest BCUT2D eigenvalue weighted by molar-refractivity contribution is 0.332. The molecule has 0 radical (unpaired) electrons. The molecule has 2 aromatic carbocycles. The SMILES string of the molecule is [C-]#[N+]/C(C#N)=C1C=C(/C=C/c2cc3ccc(N(CCCCCC)CCCCCC)cc3oc2=O)OC(/C=C/c2cc3cc4c5c(c3oc2=O)C(C)(C)CCN5CCC4(C)C)=C\1. The molecule has 0 amide bonds. The normalized spacial score (nSPS) is 17.5. The van der Waals surface area contributed by atoms with Crippen molar-refractivity contribution in [3.05, 3.63) is 138 Å². The molecule has 3 aliphatic heterocycles. The second-order valence-corrected chi connectivity index (χ2v) is 18.0. The molecule has 0 N–H and O–H groups in total. The van der Waals surface area contributed by atoms with E-state index in [0.29, 0.717) is 39.4 Å². The van der Waals surface area contributed by atoms with Gasteiger partial charge in [-0.15, -0.1) is 0 Å². The molecular weight excluding hydrogens is 761 g/mol. The summed E-state index contributed by atoms with van der Waals surface area (Å²) in [5.41, 5.74) is 5.56. The number of nitrogens with zero attached hydrogens (tertiary/aromatic N) is 4. The number of hydrogen-bond acceptors (Lipinski definition) is 8. The molecule has 0 saturated carbocycles. The number of rotatable bonds is 15. The smallest absolute Gasteiger partial charge is 0.343 e. The molecule has 4 aromatic rings. The van der Waals surface area contributed by atoms with E-state index in [4.69, 9.17) is 20.1 Å². The summed E-state index contributed by atoms with van der Waals surface area (Å²) in [5, 5.41) is 11.4. The van der Waals surface area contributed by atoms with Crippen LogP contribution in [0.1, 0.15) is 128 Å². The summed E-state index contributed by atoms with van der Waals surface area (Å²) in [7, 11) is 0. The quantitative estimate of drug-likeness (QED) is 0.0505. The van der Waals surface area contributed by atoms with Gasteiger partial charge >= 0.3 is 11.3 Å². The van der Waals surface area contributed by atoms with Crippen LogP contribution in [0.5, 0.6) is 0 Å². The standard InChI is InChI=1S/C52H58N4O5/c1-8-10-12-14-24-55(25-15-13-11-9-2)40-19-16-35-28-36(49(57)60-45(35)33-40)17-20-41-30-38(44(34-53)54-7)31-42(59-41)21-18-37-29-39-32-43-47-46(48(39)61-50(37)58)52(5,6)23-27-56(47)26-22-51(43,3)4/h16-21,28-33H,8-15,22-27H2,1-6H3/b20-17+,21-18+,44-38+. The van der Waals surface area contributed by atoms with Crippen molar-refractivity contribution in [3.8, 4) is 6.07 Å². The van der Waals surface area contributed by atoms with Gasteiger partial charge in [0.1, 0.15) is 22.7 Å². The molecular formula is C52H58N4O5. The van der Waals surface area contributed by atoms with Crippen LogP contribution in [0.4, 0.5) is 11.4 Å². The summed E-state index contributed by atoms with van der Waals surface area (Å²) in [6.07, 6.45) is 21.2. The van der Waals surface area contributed by atoms with Crippen LogP contribution in [0.15, 0.2) is 102 Å². The molecule has 316 valence electrons. The van der Waals surface area contributed by atoms with Gasteiger partial charge in [-0.3, -0.25) is 0 Å². The third-order valence-corrected chi connectivity index (χ3v) is 12.6. The van der Waals surface area contributed by atoms with Gasteiger partial charge in [-0.1, -0.05) is 80.1 Å². The van der Waals surface area contributed by atoms with Crippen molar-refractivity contribution >= 4 is 45.5 Å². The summed E-state index contributed by atoms with van der Waals surface area (Å²) in [6.45, 7) is 25.0. The molecule has 0 bridgehead atoms. The first-order valence-electron chi connectivity index (χ1n) is 22.1. The van der Waals surface area contributed by atoms with E-state index in [1.165, 1.54) is 49.8 Å². The van der Waals surface area contributed by atoms with Crippen molar-refractivity contribution in [3.63, 3.8) is 0 Å². The van der Waals surface area contributed by atoms with E-state index in [-0.39, 0.29) is 16.5 Å². The van der Waals surface area contributed by atoms with Crippen LogP contribution in [0.3, 0.4) is 0 Å². The first-order chi connectivity index (χ1) is 29.3. The minimum absolute atomic E-state index is 0.0325. The fourth-order valence-corrected chi connectivity index (χ4v) is 8.88. The van der Waals surface area contributed by atoms with Crippen LogP contribution in [0.2, 0.25) is 0 Å². The number of nitriles is 1. The molecule has 0 saturated heterocycles. The van der Waals surface area contributed by atoms with Crippen LogP contribution in [-0.2, 0) is 15.6 Å². The number of benzene rings is 2. The molecule has 0 spiro atoms. The van der Waals surface area contributed by atoms with Gasteiger partial charge in [0, 0.05) is 60.0 Å². The maximum atomic E-state index is 13.6. The zero-order valence-corrected chi connectivity index (χ0v) is 36.7. The zero-order valence-electron chi connectivity index (χ0n) is 36.7. The number of unbranched alkanes of at least 4 members (excludes halogenated alkanes) is 6. The number of anilines is 2. The highest BCUT2D eigenvalue weighted by molar-refractivity contribution is 5.91. The van der Waals surface area contributed by atoms with Gasteiger partial charge in [-0.2, -0.15) is 0 Å². The molecule has 3 aliphatic rings. The highest BCUT2D eigenvalue weighted by Gasteiger charge is 2.42. The van der Waals surface area contributed by atoms with Gasteiger partial charge in [0.15, 0.2) is 0 Å². The van der Waals surface area contributed by atoms with Crippen LogP contribution in [0, 0.1) is 17.9 Å². The third kappa shape index (κ3) is 9.32. The largest absolute Gasteiger partial charge is 0.457 e. The minimum Gasteiger partial charge on any atom is -0.457 e. The first-order valence-corrected chi connectivity index (χ1v) is 22.1. The summed E-state index contributed by atoms with van der Waals surface area (Å²) < 4.78 is 18.3. The summed E-state index contributed by atoms with van der Waals surface area (Å²) in [6, 6.07) is 13.9. The van der Waals surface area contributed by atoms with Crippen LogP contribution in [-0.4, -0.2) is 26.2 Å². The Morgan fingerprint density at radius 2 is 1.41 bits per heavy atom. The molecule has 9 nitrogen and oxygen atoms in total. The lowest BCUT2D eigenvalue weighted by Gasteiger charge is -2.48. The molecule has 5 heterocycles. The summed E-state index contributed by atoms with van der Waals surface area (Å²) in [5.74, 6) is 0.606. The molecule has 0 atom stereocenters. The molecule has 7 rings (SSSR count). The maximum absolute atomic E-state index is 13.6. The minimum atomic E-state index is -0.488. The number of ether oxygens (including phenoxy) is 1. The predicted molar refractivity (Wildman–Crippen MR) is 248 cm³/mol. The van der Waals surface area contributed by atoms with E-state index in [1.807, 2.05) is 24.3 Å². The van der Waals surface area contributed by atoms with Crippen molar-refractivity contribution in [1.82, 2.24) is 0 Å². The average molecular weight is 819 g/mol.